The van der Waals surface area contributed by atoms with Gasteiger partial charge < -0.3 is 10.6 Å². The molecule has 0 aliphatic carbocycles. The molecule has 2 N–H and O–H groups in total. The molecule has 3 heterocycles. The van der Waals surface area contributed by atoms with E-state index in [1.807, 2.05) is 12.1 Å². The first-order chi connectivity index (χ1) is 19.3. The van der Waals surface area contributed by atoms with Gasteiger partial charge in [-0.05, 0) is 61.9 Å². The Morgan fingerprint density at radius 3 is 2.42 bits per heavy atom. The van der Waals surface area contributed by atoms with E-state index in [9.17, 15) is 13.2 Å². The number of carbonyl (C=O) groups excluding carboxylic acids is 1. The summed E-state index contributed by atoms with van der Waals surface area (Å²) in [5.41, 5.74) is 6.97. The van der Waals surface area contributed by atoms with Crippen LogP contribution in [0, 0.1) is 0 Å². The second-order valence-electron chi connectivity index (χ2n) is 9.60. The van der Waals surface area contributed by atoms with Crippen LogP contribution in [0.3, 0.4) is 0 Å². The molecule has 1 aliphatic rings. The number of hydrogen-bond acceptors (Lipinski definition) is 6. The van der Waals surface area contributed by atoms with Crippen LogP contribution in [0.15, 0.2) is 77.8 Å². The molecule has 0 unspecified atom stereocenters. The number of amides is 2. The second kappa shape index (κ2) is 12.1. The van der Waals surface area contributed by atoms with Crippen LogP contribution in [-0.4, -0.2) is 67.6 Å². The molecular formula is C28H30Cl2N6O3S. The third-order valence-corrected chi connectivity index (χ3v) is 9.59. The number of carbonyl (C=O) groups is 1. The molecule has 2 aromatic carbocycles. The molecule has 5 rings (SSSR count). The lowest BCUT2D eigenvalue weighted by Gasteiger charge is -2.36. The number of halogens is 2. The van der Waals surface area contributed by atoms with Gasteiger partial charge in [-0.3, -0.25) is 9.80 Å². The lowest BCUT2D eigenvalue weighted by Crippen LogP contribution is -2.47. The predicted molar refractivity (Wildman–Crippen MR) is 160 cm³/mol. The van der Waals surface area contributed by atoms with Crippen molar-refractivity contribution < 1.29 is 13.2 Å². The molecule has 2 amide bonds. The average molecular weight is 602 g/mol. The molecule has 1 saturated heterocycles. The standard InChI is InChI=1S/C28H30Cl2N6O3S/c29-23-11-6-12-24(26(23)30)34-18-16-33(17-19-34)14-4-5-15-35(28(31)37)25-20-21-8-7-13-32-27(21)36(25)40(38,39)22-9-2-1-3-10-22/h1-3,6-13,20H,4-5,14-19H2,(H2,31,37). The zero-order valence-electron chi connectivity index (χ0n) is 21.8. The minimum atomic E-state index is -4.04. The summed E-state index contributed by atoms with van der Waals surface area (Å²) >= 11 is 12.6. The maximum atomic E-state index is 13.7. The lowest BCUT2D eigenvalue weighted by atomic mass is 10.2. The quantitative estimate of drug-likeness (QED) is 0.269. The summed E-state index contributed by atoms with van der Waals surface area (Å²) in [7, 11) is -4.04. The zero-order valence-corrected chi connectivity index (χ0v) is 24.1. The van der Waals surface area contributed by atoms with Crippen LogP contribution in [0.4, 0.5) is 16.3 Å². The molecule has 9 nitrogen and oxygen atoms in total. The monoisotopic (exact) mass is 600 g/mol. The van der Waals surface area contributed by atoms with Crippen LogP contribution in [0.2, 0.25) is 10.0 Å². The summed E-state index contributed by atoms with van der Waals surface area (Å²) in [6.45, 7) is 4.52. The number of primary amides is 1. The molecule has 40 heavy (non-hydrogen) atoms. The molecule has 0 radical (unpaired) electrons. The van der Waals surface area contributed by atoms with Gasteiger partial charge in [0.15, 0.2) is 5.65 Å². The van der Waals surface area contributed by atoms with E-state index in [2.05, 4.69) is 14.8 Å². The summed E-state index contributed by atoms with van der Waals surface area (Å²) in [5.74, 6) is 0.178. The second-order valence-corrected chi connectivity index (χ2v) is 12.2. The van der Waals surface area contributed by atoms with E-state index in [1.165, 1.54) is 23.2 Å². The van der Waals surface area contributed by atoms with Gasteiger partial charge in [-0.1, -0.05) is 47.5 Å². The number of piperazine rings is 1. The Balaban J connectivity index is 1.26. The third-order valence-electron chi connectivity index (χ3n) is 7.08. The predicted octanol–water partition coefficient (Wildman–Crippen LogP) is 5.07. The van der Waals surface area contributed by atoms with Crippen LogP contribution in [0.5, 0.6) is 0 Å². The normalized spacial score (nSPS) is 14.5. The number of rotatable bonds is 9. The van der Waals surface area contributed by atoms with E-state index in [0.29, 0.717) is 21.9 Å². The molecule has 1 fully saturated rings. The number of nitrogens with zero attached hydrogens (tertiary/aromatic N) is 5. The number of benzene rings is 2. The highest BCUT2D eigenvalue weighted by Crippen LogP contribution is 2.33. The Bertz CT molecular complexity index is 1610. The van der Waals surface area contributed by atoms with Crippen molar-refractivity contribution in [1.82, 2.24) is 13.9 Å². The zero-order chi connectivity index (χ0) is 28.3. The van der Waals surface area contributed by atoms with E-state index in [4.69, 9.17) is 28.9 Å². The molecule has 0 spiro atoms. The van der Waals surface area contributed by atoms with Crippen LogP contribution in [0.25, 0.3) is 11.0 Å². The third kappa shape index (κ3) is 5.76. The summed E-state index contributed by atoms with van der Waals surface area (Å²) in [6, 6.07) is 18.2. The number of hydrogen-bond donors (Lipinski definition) is 1. The number of unbranched alkanes of at least 4 members (excludes halogenated alkanes) is 1. The fourth-order valence-electron chi connectivity index (χ4n) is 5.01. The van der Waals surface area contributed by atoms with Crippen molar-refractivity contribution >= 4 is 61.8 Å². The maximum Gasteiger partial charge on any atom is 0.320 e. The van der Waals surface area contributed by atoms with E-state index in [-0.39, 0.29) is 22.9 Å². The smallest absolute Gasteiger partial charge is 0.320 e. The molecule has 0 bridgehead atoms. The molecule has 4 aromatic rings. The van der Waals surface area contributed by atoms with Gasteiger partial charge in [0.05, 0.1) is 20.6 Å². The molecular weight excluding hydrogens is 571 g/mol. The van der Waals surface area contributed by atoms with Gasteiger partial charge in [-0.25, -0.2) is 22.2 Å². The van der Waals surface area contributed by atoms with Crippen molar-refractivity contribution in [2.75, 3.05) is 49.1 Å². The Labute approximate surface area is 243 Å². The Morgan fingerprint density at radius 2 is 1.70 bits per heavy atom. The fourth-order valence-corrected chi connectivity index (χ4v) is 6.92. The van der Waals surface area contributed by atoms with Gasteiger partial charge >= 0.3 is 6.03 Å². The van der Waals surface area contributed by atoms with Crippen molar-refractivity contribution in [3.05, 3.63) is 83.0 Å². The lowest BCUT2D eigenvalue weighted by molar-refractivity contribution is 0.249. The summed E-state index contributed by atoms with van der Waals surface area (Å²) < 4.78 is 28.5. The fraction of sp³-hybridized carbons (Fsp3) is 0.286. The van der Waals surface area contributed by atoms with E-state index >= 15 is 0 Å². The Hall–Kier alpha value is -3.31. The summed E-state index contributed by atoms with van der Waals surface area (Å²) in [5, 5.41) is 1.72. The van der Waals surface area contributed by atoms with Crippen molar-refractivity contribution in [1.29, 1.82) is 0 Å². The first-order valence-electron chi connectivity index (χ1n) is 13.0. The number of urea groups is 1. The van der Waals surface area contributed by atoms with E-state index in [0.717, 1.165) is 48.8 Å². The Morgan fingerprint density at radius 1 is 0.950 bits per heavy atom. The van der Waals surface area contributed by atoms with Gasteiger partial charge in [0, 0.05) is 44.3 Å². The highest BCUT2D eigenvalue weighted by Gasteiger charge is 2.28. The summed E-state index contributed by atoms with van der Waals surface area (Å²) in [4.78, 5) is 22.9. The maximum absolute atomic E-state index is 13.7. The molecule has 0 saturated carbocycles. The molecule has 0 atom stereocenters. The van der Waals surface area contributed by atoms with Crippen molar-refractivity contribution in [3.63, 3.8) is 0 Å². The Kier molecular flexibility index (Phi) is 8.51. The first-order valence-corrected chi connectivity index (χ1v) is 15.2. The van der Waals surface area contributed by atoms with Gasteiger partial charge in [-0.2, -0.15) is 0 Å². The number of nitrogens with two attached hydrogens (primary N) is 1. The molecule has 1 aliphatic heterocycles. The highest BCUT2D eigenvalue weighted by molar-refractivity contribution is 7.90. The van der Waals surface area contributed by atoms with Crippen molar-refractivity contribution in [3.8, 4) is 0 Å². The molecule has 210 valence electrons. The van der Waals surface area contributed by atoms with Gasteiger partial charge in [0.1, 0.15) is 5.82 Å². The van der Waals surface area contributed by atoms with Crippen molar-refractivity contribution in [2.24, 2.45) is 5.73 Å². The van der Waals surface area contributed by atoms with Gasteiger partial charge in [0.25, 0.3) is 10.0 Å². The van der Waals surface area contributed by atoms with Crippen molar-refractivity contribution in [2.45, 2.75) is 17.7 Å². The first kappa shape index (κ1) is 28.2. The minimum Gasteiger partial charge on any atom is -0.368 e. The van der Waals surface area contributed by atoms with Gasteiger partial charge in [0.2, 0.25) is 0 Å². The largest absolute Gasteiger partial charge is 0.368 e. The number of pyridine rings is 1. The van der Waals surface area contributed by atoms with Gasteiger partial charge in [-0.15, -0.1) is 0 Å². The highest BCUT2D eigenvalue weighted by atomic mass is 35.5. The minimum absolute atomic E-state index is 0.0991. The van der Waals surface area contributed by atoms with Crippen LogP contribution in [0.1, 0.15) is 12.8 Å². The van der Waals surface area contributed by atoms with E-state index < -0.39 is 16.1 Å². The van der Waals surface area contributed by atoms with Crippen LogP contribution < -0.4 is 15.5 Å². The number of aromatic nitrogens is 2. The number of fused-ring (bicyclic) bond motifs is 1. The SMILES string of the molecule is NC(=O)N(CCCCN1CCN(c2cccc(Cl)c2Cl)CC1)c1cc2cccnc2n1S(=O)(=O)c1ccccc1. The molecule has 2 aromatic heterocycles. The summed E-state index contributed by atoms with van der Waals surface area (Å²) in [6.07, 6.45) is 2.98. The molecule has 12 heteroatoms. The topological polar surface area (TPSA) is 105 Å². The average Bonchev–Trinajstić information content (AvgIpc) is 3.35. The van der Waals surface area contributed by atoms with Crippen LogP contribution >= 0.6 is 23.2 Å². The van der Waals surface area contributed by atoms with Crippen LogP contribution in [-0.2, 0) is 10.0 Å². The number of anilines is 2. The van der Waals surface area contributed by atoms with E-state index in [1.54, 1.807) is 42.5 Å².